The van der Waals surface area contributed by atoms with Crippen molar-refractivity contribution in [3.05, 3.63) is 24.0 Å². The Bertz CT molecular complexity index is 299. The Hall–Kier alpha value is -0.880. The Morgan fingerprint density at radius 1 is 1.64 bits per heavy atom. The molecule has 1 rings (SSSR count). The summed E-state index contributed by atoms with van der Waals surface area (Å²) in [5.74, 6) is 0. The summed E-state index contributed by atoms with van der Waals surface area (Å²) < 4.78 is 33.1. The third-order valence-corrected chi connectivity index (χ3v) is 1.82. The van der Waals surface area contributed by atoms with Gasteiger partial charge >= 0.3 is 0 Å². The standard InChI is InChI=1S/C5H7FN2O2S/c6-7-3-5-1-2-8(4-5)11(9)10/h1-2,4,7,11H,3H2. The third-order valence-electron chi connectivity index (χ3n) is 1.20. The zero-order chi connectivity index (χ0) is 8.27. The fraction of sp³-hybridized carbons (Fsp3) is 0.200. The van der Waals surface area contributed by atoms with Gasteiger partial charge in [-0.1, -0.05) is 0 Å². The SMILES string of the molecule is O=[SH](=O)n1ccc(CNF)c1. The molecule has 0 aliphatic heterocycles. The molecule has 0 amide bonds. The summed E-state index contributed by atoms with van der Waals surface area (Å²) in [5.41, 5.74) is 2.02. The first-order valence-electron chi connectivity index (χ1n) is 2.89. The van der Waals surface area contributed by atoms with Gasteiger partial charge in [0.25, 0.3) is 0 Å². The second kappa shape index (κ2) is 3.49. The molecule has 62 valence electrons. The average Bonchev–Trinajstić information content (AvgIpc) is 2.37. The highest BCUT2D eigenvalue weighted by molar-refractivity contribution is 7.70. The first kappa shape index (κ1) is 8.22. The Kier molecular flexibility index (Phi) is 2.61. The molecule has 1 N–H and O–H groups in total. The van der Waals surface area contributed by atoms with Crippen molar-refractivity contribution in [2.45, 2.75) is 6.54 Å². The molecule has 0 atom stereocenters. The molecule has 1 aromatic heterocycles. The van der Waals surface area contributed by atoms with Crippen molar-refractivity contribution < 1.29 is 12.9 Å². The molecule has 4 nitrogen and oxygen atoms in total. The lowest BCUT2D eigenvalue weighted by Crippen LogP contribution is -1.98. The van der Waals surface area contributed by atoms with Gasteiger partial charge < -0.3 is 0 Å². The number of hydrogen-bond donors (Lipinski definition) is 2. The van der Waals surface area contributed by atoms with E-state index in [0.717, 1.165) is 3.97 Å². The first-order valence-corrected chi connectivity index (χ1v) is 4.02. The predicted molar refractivity (Wildman–Crippen MR) is 38.1 cm³/mol. The van der Waals surface area contributed by atoms with E-state index in [9.17, 15) is 12.9 Å². The van der Waals surface area contributed by atoms with Crippen LogP contribution in [0, 0.1) is 0 Å². The predicted octanol–water partition coefficient (Wildman–Crippen LogP) is -0.163. The van der Waals surface area contributed by atoms with Gasteiger partial charge in [-0.2, -0.15) is 5.54 Å². The second-order valence-electron chi connectivity index (χ2n) is 1.95. The van der Waals surface area contributed by atoms with Gasteiger partial charge in [0.1, 0.15) is 0 Å². The summed E-state index contributed by atoms with van der Waals surface area (Å²) in [6.45, 7) is 0.0240. The largest absolute Gasteiger partial charge is 0.255 e. The molecule has 0 aliphatic carbocycles. The molecule has 0 saturated heterocycles. The lowest BCUT2D eigenvalue weighted by atomic mass is 10.3. The van der Waals surface area contributed by atoms with E-state index in [1.807, 2.05) is 0 Å². The zero-order valence-corrected chi connectivity index (χ0v) is 6.42. The van der Waals surface area contributed by atoms with Crippen LogP contribution in [-0.4, -0.2) is 12.4 Å². The Morgan fingerprint density at radius 3 is 2.82 bits per heavy atom. The van der Waals surface area contributed by atoms with E-state index in [2.05, 4.69) is 0 Å². The molecule has 1 aromatic rings. The molecule has 0 radical (unpaired) electrons. The van der Waals surface area contributed by atoms with Gasteiger partial charge in [0, 0.05) is 12.4 Å². The Balaban J connectivity index is 2.81. The van der Waals surface area contributed by atoms with Crippen LogP contribution in [0.15, 0.2) is 18.5 Å². The van der Waals surface area contributed by atoms with Crippen molar-refractivity contribution >= 4 is 10.9 Å². The van der Waals surface area contributed by atoms with Crippen LogP contribution < -0.4 is 5.54 Å². The number of hydrogen-bond acceptors (Lipinski definition) is 3. The maximum atomic E-state index is 11.5. The van der Waals surface area contributed by atoms with Crippen LogP contribution in [0.25, 0.3) is 0 Å². The Morgan fingerprint density at radius 2 is 2.36 bits per heavy atom. The third kappa shape index (κ3) is 2.02. The van der Waals surface area contributed by atoms with Crippen LogP contribution in [0.1, 0.15) is 5.56 Å². The van der Waals surface area contributed by atoms with Crippen LogP contribution in [0.5, 0.6) is 0 Å². The van der Waals surface area contributed by atoms with Crippen LogP contribution in [-0.2, 0) is 17.4 Å². The maximum absolute atomic E-state index is 11.5. The molecule has 0 aliphatic rings. The van der Waals surface area contributed by atoms with Crippen molar-refractivity contribution in [3.8, 4) is 0 Å². The normalized spacial score (nSPS) is 10.7. The number of nitrogens with one attached hydrogen (secondary N) is 1. The molecule has 11 heavy (non-hydrogen) atoms. The average molecular weight is 178 g/mol. The zero-order valence-electron chi connectivity index (χ0n) is 5.53. The van der Waals surface area contributed by atoms with Gasteiger partial charge in [-0.15, -0.1) is 4.48 Å². The minimum absolute atomic E-state index is 0.0240. The number of thiol groups is 1. The smallest absolute Gasteiger partial charge is 0.228 e. The van der Waals surface area contributed by atoms with Crippen molar-refractivity contribution in [1.82, 2.24) is 9.51 Å². The van der Waals surface area contributed by atoms with Crippen molar-refractivity contribution in [1.29, 1.82) is 0 Å². The van der Waals surface area contributed by atoms with Gasteiger partial charge in [-0.25, -0.2) is 8.42 Å². The minimum atomic E-state index is -2.62. The summed E-state index contributed by atoms with van der Waals surface area (Å²) in [5, 5.41) is 0. The first-order chi connectivity index (χ1) is 5.24. The molecule has 6 heteroatoms. The van der Waals surface area contributed by atoms with Crippen molar-refractivity contribution in [3.63, 3.8) is 0 Å². The van der Waals surface area contributed by atoms with E-state index < -0.39 is 10.9 Å². The van der Waals surface area contributed by atoms with E-state index in [-0.39, 0.29) is 6.54 Å². The van der Waals surface area contributed by atoms with Crippen LogP contribution in [0.3, 0.4) is 0 Å². The van der Waals surface area contributed by atoms with Gasteiger partial charge in [-0.05, 0) is 11.6 Å². The highest BCUT2D eigenvalue weighted by Gasteiger charge is 1.95. The molecule has 0 spiro atoms. The molecule has 0 fully saturated rings. The van der Waals surface area contributed by atoms with Gasteiger partial charge in [0.15, 0.2) is 0 Å². The van der Waals surface area contributed by atoms with Crippen LogP contribution >= 0.6 is 0 Å². The van der Waals surface area contributed by atoms with E-state index in [1.54, 1.807) is 0 Å². The van der Waals surface area contributed by atoms with Crippen molar-refractivity contribution in [2.24, 2.45) is 0 Å². The monoisotopic (exact) mass is 178 g/mol. The van der Waals surface area contributed by atoms with E-state index in [1.165, 1.54) is 24.0 Å². The molecule has 0 bridgehead atoms. The summed E-state index contributed by atoms with van der Waals surface area (Å²) in [7, 11) is -2.62. The van der Waals surface area contributed by atoms with Crippen LogP contribution in [0.2, 0.25) is 0 Å². The highest BCUT2D eigenvalue weighted by Crippen LogP contribution is 1.99. The number of aromatic nitrogens is 1. The van der Waals surface area contributed by atoms with Crippen LogP contribution in [0.4, 0.5) is 4.48 Å². The minimum Gasteiger partial charge on any atom is -0.255 e. The number of rotatable bonds is 3. The molecule has 0 aromatic carbocycles. The number of halogens is 1. The maximum Gasteiger partial charge on any atom is 0.228 e. The summed E-state index contributed by atoms with van der Waals surface area (Å²) in [4.78, 5) is 0. The lowest BCUT2D eigenvalue weighted by molar-refractivity contribution is 0.330. The molecular weight excluding hydrogens is 171 g/mol. The molecule has 1 heterocycles. The van der Waals surface area contributed by atoms with E-state index >= 15 is 0 Å². The molecule has 0 saturated carbocycles. The highest BCUT2D eigenvalue weighted by atomic mass is 32.2. The van der Waals surface area contributed by atoms with E-state index in [4.69, 9.17) is 0 Å². The Labute approximate surface area is 64.7 Å². The summed E-state index contributed by atoms with van der Waals surface area (Å²) in [6, 6.07) is 1.53. The van der Waals surface area contributed by atoms with Gasteiger partial charge in [0.05, 0.1) is 6.54 Å². The molecule has 0 unspecified atom stereocenters. The summed E-state index contributed by atoms with van der Waals surface area (Å²) in [6.07, 6.45) is 2.71. The second-order valence-corrected chi connectivity index (χ2v) is 2.89. The van der Waals surface area contributed by atoms with E-state index in [0.29, 0.717) is 5.56 Å². The lowest BCUT2D eigenvalue weighted by Gasteiger charge is -1.88. The van der Waals surface area contributed by atoms with Gasteiger partial charge in [0.2, 0.25) is 10.9 Å². The summed E-state index contributed by atoms with van der Waals surface area (Å²) >= 11 is 0. The fourth-order valence-electron chi connectivity index (χ4n) is 0.711. The van der Waals surface area contributed by atoms with Gasteiger partial charge in [-0.3, -0.25) is 3.97 Å². The fourth-order valence-corrected chi connectivity index (χ4v) is 1.13. The quantitative estimate of drug-likeness (QED) is 0.499. The van der Waals surface area contributed by atoms with Crippen molar-refractivity contribution in [2.75, 3.05) is 0 Å². The molecular formula is C5H7FN2O2S. The topological polar surface area (TPSA) is 51.1 Å². The number of nitrogens with zero attached hydrogens (tertiary/aromatic N) is 1.